The molecular weight excluding hydrogens is 272 g/mol. The van der Waals surface area contributed by atoms with Gasteiger partial charge in [0.2, 0.25) is 0 Å². The molecule has 4 heteroatoms. The van der Waals surface area contributed by atoms with E-state index < -0.39 is 0 Å². The van der Waals surface area contributed by atoms with Gasteiger partial charge in [-0.25, -0.2) is 10.4 Å². The Morgan fingerprint density at radius 2 is 1.91 bits per heavy atom. The lowest BCUT2D eigenvalue weighted by Crippen LogP contribution is -2.25. The fourth-order valence-corrected chi connectivity index (χ4v) is 3.17. The van der Waals surface area contributed by atoms with Gasteiger partial charge in [0.25, 0.3) is 0 Å². The molecule has 2 heterocycles. The Kier molecular flexibility index (Phi) is 3.21. The second-order valence-corrected chi connectivity index (χ2v) is 6.09. The predicted octanol–water partition coefficient (Wildman–Crippen LogP) is 3.11. The molecule has 3 N–H and O–H groups in total. The van der Waals surface area contributed by atoms with E-state index in [4.69, 9.17) is 4.98 Å². The van der Waals surface area contributed by atoms with Crippen LogP contribution < -0.4 is 10.9 Å². The van der Waals surface area contributed by atoms with Gasteiger partial charge in [0.15, 0.2) is 0 Å². The van der Waals surface area contributed by atoms with Crippen LogP contribution in [0.25, 0.3) is 11.0 Å². The predicted molar refractivity (Wildman–Crippen MR) is 88.6 cm³/mol. The molecule has 2 unspecified atom stereocenters. The summed E-state index contributed by atoms with van der Waals surface area (Å²) in [5.74, 6) is 1.34. The molecule has 0 saturated carbocycles. The number of rotatable bonds is 2. The summed E-state index contributed by atoms with van der Waals surface area (Å²) in [4.78, 5) is 8.25. The van der Waals surface area contributed by atoms with Crippen molar-refractivity contribution in [1.82, 2.24) is 20.8 Å². The third-order valence-corrected chi connectivity index (χ3v) is 4.63. The number of nitrogens with zero attached hydrogens (tertiary/aromatic N) is 1. The van der Waals surface area contributed by atoms with E-state index in [0.29, 0.717) is 5.92 Å². The highest BCUT2D eigenvalue weighted by Crippen LogP contribution is 2.33. The molecule has 112 valence electrons. The summed E-state index contributed by atoms with van der Waals surface area (Å²) in [5, 5.41) is 0. The first-order valence-electron chi connectivity index (χ1n) is 7.72. The highest BCUT2D eigenvalue weighted by Gasteiger charge is 2.32. The van der Waals surface area contributed by atoms with Crippen molar-refractivity contribution in [3.05, 3.63) is 65.0 Å². The lowest BCUT2D eigenvalue weighted by atomic mass is 9.92. The lowest BCUT2D eigenvalue weighted by Gasteiger charge is -2.18. The molecule has 3 aromatic rings. The number of H-pyrrole nitrogens is 1. The van der Waals surface area contributed by atoms with Crippen LogP contribution in [0.2, 0.25) is 0 Å². The molecule has 1 fully saturated rings. The van der Waals surface area contributed by atoms with Gasteiger partial charge in [0.1, 0.15) is 5.82 Å². The summed E-state index contributed by atoms with van der Waals surface area (Å²) in [6, 6.07) is 15.1. The van der Waals surface area contributed by atoms with Crippen molar-refractivity contribution in [3.63, 3.8) is 0 Å². The number of para-hydroxylation sites is 2. The Morgan fingerprint density at radius 3 is 2.73 bits per heavy atom. The number of hydrazine groups is 1. The SMILES string of the molecule is Cc1ccc(C2NNCC2c2nc3ccccc3[nH]2)cc1C. The topological polar surface area (TPSA) is 52.7 Å². The molecule has 1 saturated heterocycles. The van der Waals surface area contributed by atoms with Gasteiger partial charge in [0.05, 0.1) is 23.0 Å². The van der Waals surface area contributed by atoms with E-state index in [-0.39, 0.29) is 6.04 Å². The number of nitrogens with one attached hydrogen (secondary N) is 3. The van der Waals surface area contributed by atoms with E-state index in [1.165, 1.54) is 16.7 Å². The summed E-state index contributed by atoms with van der Waals surface area (Å²) in [7, 11) is 0. The number of hydrogen-bond donors (Lipinski definition) is 3. The maximum absolute atomic E-state index is 4.77. The van der Waals surface area contributed by atoms with E-state index in [1.807, 2.05) is 12.1 Å². The number of benzene rings is 2. The quantitative estimate of drug-likeness (QED) is 0.680. The highest BCUT2D eigenvalue weighted by atomic mass is 15.4. The van der Waals surface area contributed by atoms with Crippen LogP contribution >= 0.6 is 0 Å². The smallest absolute Gasteiger partial charge is 0.113 e. The van der Waals surface area contributed by atoms with Crippen LogP contribution in [0.1, 0.15) is 34.5 Å². The zero-order valence-electron chi connectivity index (χ0n) is 12.9. The maximum atomic E-state index is 4.77. The minimum absolute atomic E-state index is 0.236. The maximum Gasteiger partial charge on any atom is 0.113 e. The van der Waals surface area contributed by atoms with Gasteiger partial charge in [0, 0.05) is 6.54 Å². The highest BCUT2D eigenvalue weighted by molar-refractivity contribution is 5.74. The van der Waals surface area contributed by atoms with Crippen molar-refractivity contribution in [1.29, 1.82) is 0 Å². The molecule has 2 atom stereocenters. The van der Waals surface area contributed by atoms with Crippen molar-refractivity contribution in [3.8, 4) is 0 Å². The largest absolute Gasteiger partial charge is 0.342 e. The van der Waals surface area contributed by atoms with Crippen molar-refractivity contribution >= 4 is 11.0 Å². The molecule has 1 aliphatic rings. The van der Waals surface area contributed by atoms with E-state index in [1.54, 1.807) is 0 Å². The summed E-state index contributed by atoms with van der Waals surface area (Å²) in [5.41, 5.74) is 12.8. The van der Waals surface area contributed by atoms with Gasteiger partial charge >= 0.3 is 0 Å². The van der Waals surface area contributed by atoms with Crippen molar-refractivity contribution < 1.29 is 0 Å². The number of aryl methyl sites for hydroxylation is 2. The molecule has 0 spiro atoms. The average molecular weight is 292 g/mol. The fourth-order valence-electron chi connectivity index (χ4n) is 3.17. The zero-order chi connectivity index (χ0) is 15.1. The normalized spacial score (nSPS) is 21.5. The van der Waals surface area contributed by atoms with Gasteiger partial charge in [-0.1, -0.05) is 30.3 Å². The van der Waals surface area contributed by atoms with E-state index in [0.717, 1.165) is 23.4 Å². The van der Waals surface area contributed by atoms with Gasteiger partial charge in [-0.05, 0) is 42.7 Å². The number of imidazole rings is 1. The van der Waals surface area contributed by atoms with Crippen LogP contribution in [0.4, 0.5) is 0 Å². The standard InChI is InChI=1S/C18H20N4/c1-11-7-8-13(9-12(11)2)17-14(10-19-22-17)18-20-15-5-3-4-6-16(15)21-18/h3-9,14,17,19,22H,10H2,1-2H3,(H,20,21). The Bertz CT molecular complexity index is 788. The first-order valence-corrected chi connectivity index (χ1v) is 7.72. The Balaban J connectivity index is 1.72. The first kappa shape index (κ1) is 13.5. The molecule has 22 heavy (non-hydrogen) atoms. The zero-order valence-corrected chi connectivity index (χ0v) is 12.9. The molecule has 2 aromatic carbocycles. The average Bonchev–Trinajstić information content (AvgIpc) is 3.15. The molecular formula is C18H20N4. The molecule has 0 amide bonds. The molecule has 0 aliphatic carbocycles. The molecule has 1 aliphatic heterocycles. The van der Waals surface area contributed by atoms with Crippen LogP contribution in [0, 0.1) is 13.8 Å². The summed E-state index contributed by atoms with van der Waals surface area (Å²) in [6.45, 7) is 5.19. The summed E-state index contributed by atoms with van der Waals surface area (Å²) >= 11 is 0. The van der Waals surface area contributed by atoms with E-state index in [9.17, 15) is 0 Å². The van der Waals surface area contributed by atoms with Crippen molar-refractivity contribution in [2.24, 2.45) is 0 Å². The molecule has 0 bridgehead atoms. The van der Waals surface area contributed by atoms with E-state index >= 15 is 0 Å². The van der Waals surface area contributed by atoms with Crippen LogP contribution in [0.15, 0.2) is 42.5 Å². The number of fused-ring (bicyclic) bond motifs is 1. The number of aromatic nitrogens is 2. The Hall–Kier alpha value is -2.17. The van der Waals surface area contributed by atoms with Crippen LogP contribution in [0.5, 0.6) is 0 Å². The van der Waals surface area contributed by atoms with Crippen LogP contribution in [-0.4, -0.2) is 16.5 Å². The van der Waals surface area contributed by atoms with Crippen LogP contribution in [-0.2, 0) is 0 Å². The number of hydrogen-bond acceptors (Lipinski definition) is 3. The minimum Gasteiger partial charge on any atom is -0.342 e. The summed E-state index contributed by atoms with van der Waals surface area (Å²) < 4.78 is 0. The Labute approximate surface area is 129 Å². The number of aromatic amines is 1. The van der Waals surface area contributed by atoms with Crippen molar-refractivity contribution in [2.45, 2.75) is 25.8 Å². The monoisotopic (exact) mass is 292 g/mol. The minimum atomic E-state index is 0.236. The van der Waals surface area contributed by atoms with Gasteiger partial charge in [-0.3, -0.25) is 5.43 Å². The third-order valence-electron chi connectivity index (χ3n) is 4.63. The first-order chi connectivity index (χ1) is 10.7. The summed E-state index contributed by atoms with van der Waals surface area (Å²) in [6.07, 6.45) is 0. The van der Waals surface area contributed by atoms with E-state index in [2.05, 4.69) is 60.0 Å². The van der Waals surface area contributed by atoms with Gasteiger partial charge < -0.3 is 4.98 Å². The second-order valence-electron chi connectivity index (χ2n) is 6.09. The third kappa shape index (κ3) is 2.21. The molecule has 0 radical (unpaired) electrons. The second kappa shape index (κ2) is 5.23. The molecule has 4 rings (SSSR count). The molecule has 4 nitrogen and oxygen atoms in total. The van der Waals surface area contributed by atoms with Gasteiger partial charge in [-0.2, -0.15) is 0 Å². The Morgan fingerprint density at radius 1 is 1.05 bits per heavy atom. The lowest BCUT2D eigenvalue weighted by molar-refractivity contribution is 0.544. The molecule has 1 aromatic heterocycles. The van der Waals surface area contributed by atoms with Crippen LogP contribution in [0.3, 0.4) is 0 Å². The fraction of sp³-hybridized carbons (Fsp3) is 0.278. The van der Waals surface area contributed by atoms with Crippen molar-refractivity contribution in [2.75, 3.05) is 6.54 Å². The van der Waals surface area contributed by atoms with Gasteiger partial charge in [-0.15, -0.1) is 0 Å².